The average Bonchev–Trinajstić information content (AvgIpc) is 2.71. The smallest absolute Gasteiger partial charge is 0.276 e. The Labute approximate surface area is 166 Å². The van der Waals surface area contributed by atoms with E-state index < -0.39 is 0 Å². The van der Waals surface area contributed by atoms with Gasteiger partial charge >= 0.3 is 0 Å². The monoisotopic (exact) mass is 391 g/mol. The zero-order valence-electron chi connectivity index (χ0n) is 16.0. The third-order valence-corrected chi connectivity index (χ3v) is 5.16. The predicted molar refractivity (Wildman–Crippen MR) is 109 cm³/mol. The second-order valence-corrected chi connectivity index (χ2v) is 7.40. The SMILES string of the molecule is CCC(C)c1ccc(OCC(=O)NNC(=S)NC(=O)C2CCCCC2)cc1. The van der Waals surface area contributed by atoms with E-state index in [2.05, 4.69) is 30.0 Å². The number of amides is 2. The molecule has 0 heterocycles. The number of benzene rings is 1. The van der Waals surface area contributed by atoms with Gasteiger partial charge in [-0.1, -0.05) is 45.2 Å². The van der Waals surface area contributed by atoms with Gasteiger partial charge in [-0.25, -0.2) is 0 Å². The van der Waals surface area contributed by atoms with Crippen LogP contribution in [0.15, 0.2) is 24.3 Å². The van der Waals surface area contributed by atoms with Crippen LogP contribution in [-0.4, -0.2) is 23.5 Å². The van der Waals surface area contributed by atoms with Crippen molar-refractivity contribution in [3.8, 4) is 5.75 Å². The first-order valence-corrected chi connectivity index (χ1v) is 10.0. The molecule has 1 saturated carbocycles. The van der Waals surface area contributed by atoms with Crippen molar-refractivity contribution in [2.75, 3.05) is 6.61 Å². The van der Waals surface area contributed by atoms with Crippen LogP contribution in [0, 0.1) is 5.92 Å². The van der Waals surface area contributed by atoms with E-state index in [1.807, 2.05) is 24.3 Å². The predicted octanol–water partition coefficient (Wildman–Crippen LogP) is 3.18. The van der Waals surface area contributed by atoms with Gasteiger partial charge in [0.2, 0.25) is 5.91 Å². The Morgan fingerprint density at radius 1 is 1.15 bits per heavy atom. The van der Waals surface area contributed by atoms with Crippen molar-refractivity contribution < 1.29 is 14.3 Å². The standard InChI is InChI=1S/C20H29N3O3S/c1-3-14(2)15-9-11-17(12-10-15)26-13-18(24)22-23-20(27)21-19(25)16-7-5-4-6-8-16/h9-12,14,16H,3-8,13H2,1-2H3,(H,22,24)(H2,21,23,25,27). The van der Waals surface area contributed by atoms with Crippen LogP contribution in [-0.2, 0) is 9.59 Å². The number of carbonyl (C=O) groups is 2. The molecule has 2 rings (SSSR count). The molecular weight excluding hydrogens is 362 g/mol. The van der Waals surface area contributed by atoms with Crippen molar-refractivity contribution in [1.29, 1.82) is 0 Å². The number of nitrogens with one attached hydrogen (secondary N) is 3. The number of rotatable bonds is 6. The van der Waals surface area contributed by atoms with Crippen LogP contribution < -0.4 is 20.9 Å². The number of thiocarbonyl (C=S) groups is 1. The molecule has 0 aliphatic heterocycles. The van der Waals surface area contributed by atoms with Gasteiger partial charge in [-0.05, 0) is 55.1 Å². The Morgan fingerprint density at radius 3 is 2.44 bits per heavy atom. The highest BCUT2D eigenvalue weighted by molar-refractivity contribution is 7.80. The van der Waals surface area contributed by atoms with E-state index in [4.69, 9.17) is 17.0 Å². The van der Waals surface area contributed by atoms with Gasteiger partial charge in [-0.2, -0.15) is 0 Å². The first-order chi connectivity index (χ1) is 13.0. The topological polar surface area (TPSA) is 79.5 Å². The zero-order valence-corrected chi connectivity index (χ0v) is 16.9. The summed E-state index contributed by atoms with van der Waals surface area (Å²) in [6, 6.07) is 7.74. The fourth-order valence-corrected chi connectivity index (χ4v) is 3.20. The van der Waals surface area contributed by atoms with Crippen LogP contribution in [0.5, 0.6) is 5.75 Å². The maximum absolute atomic E-state index is 12.1. The van der Waals surface area contributed by atoms with Crippen LogP contribution in [0.1, 0.15) is 63.9 Å². The highest BCUT2D eigenvalue weighted by atomic mass is 32.1. The van der Waals surface area contributed by atoms with E-state index in [-0.39, 0.29) is 29.5 Å². The Kier molecular flexibility index (Phi) is 8.51. The lowest BCUT2D eigenvalue weighted by Crippen LogP contribution is -2.50. The summed E-state index contributed by atoms with van der Waals surface area (Å²) in [5.41, 5.74) is 6.22. The summed E-state index contributed by atoms with van der Waals surface area (Å²) in [6.07, 6.45) is 6.19. The molecule has 0 radical (unpaired) electrons. The molecule has 27 heavy (non-hydrogen) atoms. The van der Waals surface area contributed by atoms with Crippen LogP contribution in [0.3, 0.4) is 0 Å². The summed E-state index contributed by atoms with van der Waals surface area (Å²) in [6.45, 7) is 4.17. The van der Waals surface area contributed by atoms with Crippen molar-refractivity contribution in [2.45, 2.75) is 58.3 Å². The molecule has 1 unspecified atom stereocenters. The van der Waals surface area contributed by atoms with E-state index in [1.54, 1.807) is 0 Å². The lowest BCUT2D eigenvalue weighted by molar-refractivity contribution is -0.125. The molecule has 0 saturated heterocycles. The fourth-order valence-electron chi connectivity index (χ4n) is 3.05. The molecule has 0 spiro atoms. The van der Waals surface area contributed by atoms with E-state index in [1.165, 1.54) is 12.0 Å². The van der Waals surface area contributed by atoms with Gasteiger partial charge in [0.15, 0.2) is 11.7 Å². The lowest BCUT2D eigenvalue weighted by atomic mass is 9.89. The van der Waals surface area contributed by atoms with Gasteiger partial charge in [0.25, 0.3) is 5.91 Å². The first-order valence-electron chi connectivity index (χ1n) is 9.62. The normalized spacial score (nSPS) is 15.5. The highest BCUT2D eigenvalue weighted by Gasteiger charge is 2.21. The summed E-state index contributed by atoms with van der Waals surface area (Å²) in [5, 5.41) is 2.72. The molecule has 0 aromatic heterocycles. The minimum Gasteiger partial charge on any atom is -0.484 e. The Bertz CT molecular complexity index is 642. The van der Waals surface area contributed by atoms with Gasteiger partial charge in [0, 0.05) is 5.92 Å². The third-order valence-electron chi connectivity index (χ3n) is 4.96. The number of hydrogen-bond donors (Lipinski definition) is 3. The molecule has 2 amide bonds. The molecule has 1 atom stereocenters. The van der Waals surface area contributed by atoms with Gasteiger partial charge in [-0.3, -0.25) is 20.4 Å². The van der Waals surface area contributed by atoms with Crippen LogP contribution in [0.2, 0.25) is 0 Å². The van der Waals surface area contributed by atoms with Crippen LogP contribution in [0.25, 0.3) is 0 Å². The molecular formula is C20H29N3O3S. The average molecular weight is 392 g/mol. The molecule has 1 fully saturated rings. The molecule has 6 nitrogen and oxygen atoms in total. The van der Waals surface area contributed by atoms with Gasteiger partial charge in [-0.15, -0.1) is 0 Å². The Morgan fingerprint density at radius 2 is 1.81 bits per heavy atom. The number of carbonyl (C=O) groups excluding carboxylic acids is 2. The summed E-state index contributed by atoms with van der Waals surface area (Å²) >= 11 is 5.05. The van der Waals surface area contributed by atoms with Gasteiger partial charge in [0.1, 0.15) is 5.75 Å². The number of hydrogen-bond acceptors (Lipinski definition) is 4. The summed E-state index contributed by atoms with van der Waals surface area (Å²) < 4.78 is 5.46. The second kappa shape index (κ2) is 10.9. The summed E-state index contributed by atoms with van der Waals surface area (Å²) in [5.74, 6) is 0.673. The van der Waals surface area contributed by atoms with Crippen molar-refractivity contribution in [2.24, 2.45) is 5.92 Å². The zero-order chi connectivity index (χ0) is 19.6. The Balaban J connectivity index is 1.66. The maximum atomic E-state index is 12.1. The maximum Gasteiger partial charge on any atom is 0.276 e. The van der Waals surface area contributed by atoms with Gasteiger partial charge < -0.3 is 10.1 Å². The molecule has 1 aromatic carbocycles. The molecule has 7 heteroatoms. The fraction of sp³-hybridized carbons (Fsp3) is 0.550. The van der Waals surface area contributed by atoms with Crippen molar-refractivity contribution in [3.05, 3.63) is 29.8 Å². The highest BCUT2D eigenvalue weighted by Crippen LogP contribution is 2.23. The van der Waals surface area contributed by atoms with E-state index in [0.717, 1.165) is 32.1 Å². The largest absolute Gasteiger partial charge is 0.484 e. The van der Waals surface area contributed by atoms with Crippen molar-refractivity contribution in [1.82, 2.24) is 16.2 Å². The molecule has 1 aromatic rings. The molecule has 0 bridgehead atoms. The van der Waals surface area contributed by atoms with Crippen molar-refractivity contribution in [3.63, 3.8) is 0 Å². The molecule has 1 aliphatic rings. The molecule has 3 N–H and O–H groups in total. The Hall–Kier alpha value is -2.15. The van der Waals surface area contributed by atoms with E-state index >= 15 is 0 Å². The second-order valence-electron chi connectivity index (χ2n) is 6.99. The summed E-state index contributed by atoms with van der Waals surface area (Å²) in [4.78, 5) is 23.9. The van der Waals surface area contributed by atoms with Crippen LogP contribution >= 0.6 is 12.2 Å². The minimum absolute atomic E-state index is 0.0101. The van der Waals surface area contributed by atoms with E-state index in [0.29, 0.717) is 11.7 Å². The van der Waals surface area contributed by atoms with Gasteiger partial charge in [0.05, 0.1) is 0 Å². The third kappa shape index (κ3) is 7.17. The number of hydrazine groups is 1. The molecule has 1 aliphatic carbocycles. The first kappa shape index (κ1) is 21.2. The molecule has 148 valence electrons. The van der Waals surface area contributed by atoms with Crippen LogP contribution in [0.4, 0.5) is 0 Å². The van der Waals surface area contributed by atoms with Crippen molar-refractivity contribution >= 4 is 29.1 Å². The quantitative estimate of drug-likeness (QED) is 0.513. The summed E-state index contributed by atoms with van der Waals surface area (Å²) in [7, 11) is 0. The lowest BCUT2D eigenvalue weighted by Gasteiger charge is -2.21. The minimum atomic E-state index is -0.379. The number of ether oxygens (including phenoxy) is 1. The van der Waals surface area contributed by atoms with E-state index in [9.17, 15) is 9.59 Å².